The molecule has 3 rings (SSSR count). The van der Waals surface area contributed by atoms with Crippen molar-refractivity contribution in [1.29, 1.82) is 0 Å². The maximum atomic E-state index is 2.30. The molecule has 0 saturated heterocycles. The van der Waals surface area contributed by atoms with Crippen LogP contribution >= 0.6 is 22.7 Å². The fraction of sp³-hybridized carbons (Fsp3) is 0.200. The van der Waals surface area contributed by atoms with Gasteiger partial charge in [-0.1, -0.05) is 0 Å². The second-order valence-corrected chi connectivity index (χ2v) is 6.36. The third kappa shape index (κ3) is 1.74. The topological polar surface area (TPSA) is 4.93 Å². The van der Waals surface area contributed by atoms with Crippen LogP contribution < -0.4 is 0 Å². The second kappa shape index (κ2) is 4.41. The first-order chi connectivity index (χ1) is 8.68. The lowest BCUT2D eigenvalue weighted by molar-refractivity contribution is 0.949. The van der Waals surface area contributed by atoms with Crippen LogP contribution in [0.3, 0.4) is 0 Å². The summed E-state index contributed by atoms with van der Waals surface area (Å²) >= 11 is 3.63. The van der Waals surface area contributed by atoms with Crippen LogP contribution in [0.4, 0.5) is 0 Å². The zero-order chi connectivity index (χ0) is 12.7. The van der Waals surface area contributed by atoms with Gasteiger partial charge in [-0.2, -0.15) is 0 Å². The summed E-state index contributed by atoms with van der Waals surface area (Å²) in [7, 11) is 2.16. The molecule has 0 spiro atoms. The normalized spacial score (nSPS) is 11.1. The molecular weight excluding hydrogens is 258 g/mol. The predicted molar refractivity (Wildman–Crippen MR) is 81.5 cm³/mol. The lowest BCUT2D eigenvalue weighted by Crippen LogP contribution is -1.93. The van der Waals surface area contributed by atoms with Gasteiger partial charge in [0.1, 0.15) is 0 Å². The molecule has 92 valence electrons. The second-order valence-electron chi connectivity index (χ2n) is 4.53. The van der Waals surface area contributed by atoms with Gasteiger partial charge in [-0.25, -0.2) is 0 Å². The summed E-state index contributed by atoms with van der Waals surface area (Å²) in [6.45, 7) is 4.35. The lowest BCUT2D eigenvalue weighted by atomic mass is 10.2. The Bertz CT molecular complexity index is 627. The first-order valence-corrected chi connectivity index (χ1v) is 7.69. The van der Waals surface area contributed by atoms with E-state index in [2.05, 4.69) is 60.5 Å². The highest BCUT2D eigenvalue weighted by atomic mass is 32.1. The van der Waals surface area contributed by atoms with Gasteiger partial charge >= 0.3 is 0 Å². The number of thiophene rings is 2. The Kier molecular flexibility index (Phi) is 2.88. The minimum Gasteiger partial charge on any atom is -0.342 e. The number of rotatable bonds is 2. The first kappa shape index (κ1) is 11.8. The van der Waals surface area contributed by atoms with Crippen LogP contribution in [0.25, 0.3) is 21.1 Å². The zero-order valence-electron chi connectivity index (χ0n) is 10.7. The Hall–Kier alpha value is -1.32. The van der Waals surface area contributed by atoms with Crippen molar-refractivity contribution in [1.82, 2.24) is 4.57 Å². The quantitative estimate of drug-likeness (QED) is 0.612. The zero-order valence-corrected chi connectivity index (χ0v) is 12.4. The minimum absolute atomic E-state index is 1.31. The molecule has 0 atom stereocenters. The molecule has 0 unspecified atom stereocenters. The van der Waals surface area contributed by atoms with Crippen LogP contribution in [-0.2, 0) is 7.05 Å². The Labute approximate surface area is 115 Å². The summed E-state index contributed by atoms with van der Waals surface area (Å²) in [5, 5.41) is 4.32. The molecule has 3 aromatic heterocycles. The van der Waals surface area contributed by atoms with Crippen LogP contribution in [0.15, 0.2) is 35.0 Å². The Morgan fingerprint density at radius 2 is 1.22 bits per heavy atom. The van der Waals surface area contributed by atoms with Gasteiger partial charge in [0, 0.05) is 7.05 Å². The number of aromatic nitrogens is 1. The molecule has 0 radical (unpaired) electrons. The third-order valence-electron chi connectivity index (χ3n) is 3.31. The molecule has 0 bridgehead atoms. The van der Waals surface area contributed by atoms with E-state index < -0.39 is 0 Å². The summed E-state index contributed by atoms with van der Waals surface area (Å²) in [4.78, 5) is 2.75. The average molecular weight is 273 g/mol. The van der Waals surface area contributed by atoms with E-state index in [0.717, 1.165) is 0 Å². The summed E-state index contributed by atoms with van der Waals surface area (Å²) in [5.41, 5.74) is 5.34. The maximum absolute atomic E-state index is 2.30. The molecule has 0 aromatic carbocycles. The van der Waals surface area contributed by atoms with Gasteiger partial charge in [0.05, 0.1) is 21.1 Å². The van der Waals surface area contributed by atoms with Gasteiger partial charge in [0.2, 0.25) is 0 Å². The van der Waals surface area contributed by atoms with Gasteiger partial charge in [-0.3, -0.25) is 0 Å². The molecule has 0 N–H and O–H groups in total. The lowest BCUT2D eigenvalue weighted by Gasteiger charge is -2.07. The summed E-state index contributed by atoms with van der Waals surface area (Å²) in [6.07, 6.45) is 0. The van der Waals surface area contributed by atoms with E-state index in [9.17, 15) is 0 Å². The van der Waals surface area contributed by atoms with Crippen LogP contribution in [0.2, 0.25) is 0 Å². The molecule has 0 amide bonds. The van der Waals surface area contributed by atoms with Crippen molar-refractivity contribution in [3.63, 3.8) is 0 Å². The highest BCUT2D eigenvalue weighted by Crippen LogP contribution is 2.35. The van der Waals surface area contributed by atoms with E-state index in [1.54, 1.807) is 0 Å². The van der Waals surface area contributed by atoms with E-state index in [4.69, 9.17) is 0 Å². The summed E-state index contributed by atoms with van der Waals surface area (Å²) in [5.74, 6) is 0. The van der Waals surface area contributed by atoms with Crippen LogP contribution in [0, 0.1) is 13.8 Å². The monoisotopic (exact) mass is 273 g/mol. The molecule has 3 aromatic rings. The van der Waals surface area contributed by atoms with Crippen molar-refractivity contribution in [3.8, 4) is 21.1 Å². The highest BCUT2D eigenvalue weighted by molar-refractivity contribution is 7.14. The Morgan fingerprint density at radius 3 is 1.56 bits per heavy atom. The molecule has 3 heteroatoms. The van der Waals surface area contributed by atoms with Crippen molar-refractivity contribution >= 4 is 22.7 Å². The van der Waals surface area contributed by atoms with Crippen LogP contribution in [0.1, 0.15) is 11.1 Å². The van der Waals surface area contributed by atoms with E-state index in [-0.39, 0.29) is 0 Å². The average Bonchev–Trinajstić information content (AvgIpc) is 3.01. The molecule has 0 aliphatic rings. The van der Waals surface area contributed by atoms with E-state index in [0.29, 0.717) is 0 Å². The van der Waals surface area contributed by atoms with Gasteiger partial charge in [-0.15, -0.1) is 22.7 Å². The molecule has 18 heavy (non-hydrogen) atoms. The van der Waals surface area contributed by atoms with Gasteiger partial charge in [0.25, 0.3) is 0 Å². The number of hydrogen-bond donors (Lipinski definition) is 0. The van der Waals surface area contributed by atoms with Crippen molar-refractivity contribution in [2.45, 2.75) is 13.8 Å². The standard InChI is InChI=1S/C15H15NS2/c1-10-6-8-17-14(10)12-4-5-13(16(12)3)15-11(2)7-9-18-15/h4-9H,1-3H3. The summed E-state index contributed by atoms with van der Waals surface area (Å²) in [6, 6.07) is 8.83. The van der Waals surface area contributed by atoms with Crippen LogP contribution in [-0.4, -0.2) is 4.57 Å². The van der Waals surface area contributed by atoms with Crippen molar-refractivity contribution < 1.29 is 0 Å². The fourth-order valence-electron chi connectivity index (χ4n) is 2.24. The Balaban J connectivity index is 2.15. The molecule has 1 nitrogen and oxygen atoms in total. The number of aryl methyl sites for hydroxylation is 2. The third-order valence-corrected chi connectivity index (χ3v) is 5.39. The summed E-state index contributed by atoms with van der Waals surface area (Å²) < 4.78 is 2.30. The molecular formula is C15H15NS2. The molecule has 3 heterocycles. The van der Waals surface area contributed by atoms with Crippen molar-refractivity contribution in [3.05, 3.63) is 46.2 Å². The maximum Gasteiger partial charge on any atom is 0.0587 e. The molecule has 0 aliphatic carbocycles. The largest absolute Gasteiger partial charge is 0.342 e. The molecule has 0 fully saturated rings. The van der Waals surface area contributed by atoms with Crippen molar-refractivity contribution in [2.24, 2.45) is 7.05 Å². The van der Waals surface area contributed by atoms with Gasteiger partial charge in [-0.05, 0) is 60.0 Å². The van der Waals surface area contributed by atoms with E-state index in [1.807, 2.05) is 22.7 Å². The minimum atomic E-state index is 1.31. The first-order valence-electron chi connectivity index (χ1n) is 5.93. The van der Waals surface area contributed by atoms with Crippen LogP contribution in [0.5, 0.6) is 0 Å². The molecule has 0 aliphatic heterocycles. The van der Waals surface area contributed by atoms with E-state index in [1.165, 1.54) is 32.3 Å². The molecule has 0 saturated carbocycles. The van der Waals surface area contributed by atoms with Gasteiger partial charge < -0.3 is 4.57 Å². The Morgan fingerprint density at radius 1 is 0.778 bits per heavy atom. The fourth-order valence-corrected chi connectivity index (χ4v) is 4.21. The smallest absolute Gasteiger partial charge is 0.0587 e. The van der Waals surface area contributed by atoms with Crippen molar-refractivity contribution in [2.75, 3.05) is 0 Å². The predicted octanol–water partition coefficient (Wildman–Crippen LogP) is 5.10. The SMILES string of the molecule is Cc1ccsc1-c1ccc(-c2sccc2C)n1C. The van der Waals surface area contributed by atoms with Gasteiger partial charge in [0.15, 0.2) is 0 Å². The number of hydrogen-bond acceptors (Lipinski definition) is 2. The number of nitrogens with zero attached hydrogens (tertiary/aromatic N) is 1. The highest BCUT2D eigenvalue weighted by Gasteiger charge is 2.13. The van der Waals surface area contributed by atoms with E-state index >= 15 is 0 Å².